The predicted molar refractivity (Wildman–Crippen MR) is 120 cm³/mol. The Balaban J connectivity index is 0.00000104. The van der Waals surface area contributed by atoms with Gasteiger partial charge in [-0.15, -0.1) is 0 Å². The first-order valence-electron chi connectivity index (χ1n) is 9.33. The van der Waals surface area contributed by atoms with Gasteiger partial charge in [-0.25, -0.2) is 4.79 Å². The van der Waals surface area contributed by atoms with E-state index in [0.717, 1.165) is 19.5 Å². The molecule has 1 aliphatic heterocycles. The summed E-state index contributed by atoms with van der Waals surface area (Å²) in [6.45, 7) is 1.33. The average molecular weight is 561 g/mol. The first-order valence-corrected chi connectivity index (χ1v) is 12.1. The Hall–Kier alpha value is -3.47. The Morgan fingerprint density at radius 1 is 1.11 bits per heavy atom. The second kappa shape index (κ2) is 15.5. The summed E-state index contributed by atoms with van der Waals surface area (Å²) >= 11 is 0. The Labute approximate surface area is 204 Å². The number of amides is 2. The molecular weight excluding hydrogens is 536 g/mol. The van der Waals surface area contributed by atoms with Gasteiger partial charge in [-0.3, -0.25) is 43.8 Å². The molecule has 1 fully saturated rings. The number of nitro benzene ring substituents is 1. The van der Waals surface area contributed by atoms with Crippen molar-refractivity contribution in [3.05, 3.63) is 39.9 Å². The van der Waals surface area contributed by atoms with E-state index in [9.17, 15) is 19.7 Å². The second-order valence-electron chi connectivity index (χ2n) is 6.51. The summed E-state index contributed by atoms with van der Waals surface area (Å²) in [5.74, 6) is -0.636. The topological polar surface area (TPSA) is 308 Å². The molecule has 0 saturated carbocycles. The SMILES string of the molecule is N=C(NCC(=O)N[C@H]1CCNC1)NC(=O)OCc1ccc([N+](=O)[O-])cc1.O=S(=O)(O)O.O=S(=O)(O)O. The van der Waals surface area contributed by atoms with Crippen molar-refractivity contribution in [1.29, 1.82) is 5.41 Å². The lowest BCUT2D eigenvalue weighted by molar-refractivity contribution is -0.384. The molecule has 0 radical (unpaired) electrons. The van der Waals surface area contributed by atoms with Crippen LogP contribution < -0.4 is 21.3 Å². The molecule has 1 saturated heterocycles. The van der Waals surface area contributed by atoms with Gasteiger partial charge in [0, 0.05) is 24.7 Å². The second-order valence-corrected chi connectivity index (χ2v) is 8.30. The Bertz CT molecular complexity index is 1060. The van der Waals surface area contributed by atoms with Crippen LogP contribution in [-0.2, 0) is 36.9 Å². The van der Waals surface area contributed by atoms with Gasteiger partial charge in [0.2, 0.25) is 5.91 Å². The molecule has 0 spiro atoms. The highest BCUT2D eigenvalue weighted by Gasteiger charge is 2.16. The number of alkyl carbamates (subject to hydrolysis) is 1. The molecule has 0 bridgehead atoms. The number of nitrogens with one attached hydrogen (secondary N) is 5. The van der Waals surface area contributed by atoms with Crippen LogP contribution in [0.2, 0.25) is 0 Å². The quantitative estimate of drug-likeness (QED) is 0.0629. The van der Waals surface area contributed by atoms with Crippen LogP contribution in [0.25, 0.3) is 0 Å². The molecule has 1 aromatic rings. The van der Waals surface area contributed by atoms with Gasteiger partial charge in [0.1, 0.15) is 6.61 Å². The molecule has 0 aromatic heterocycles. The molecule has 1 aliphatic rings. The lowest BCUT2D eigenvalue weighted by Gasteiger charge is -2.13. The van der Waals surface area contributed by atoms with E-state index in [1.54, 1.807) is 0 Å². The Kier molecular flexibility index (Phi) is 14.0. The highest BCUT2D eigenvalue weighted by Crippen LogP contribution is 2.12. The van der Waals surface area contributed by atoms with Crippen LogP contribution in [0.4, 0.5) is 10.5 Å². The van der Waals surface area contributed by atoms with Crippen molar-refractivity contribution in [3.8, 4) is 0 Å². The number of nitrogens with zero attached hydrogens (tertiary/aromatic N) is 1. The zero-order valence-corrected chi connectivity index (χ0v) is 19.8. The third-order valence-corrected chi connectivity index (χ3v) is 3.60. The number of hydrogen-bond donors (Lipinski definition) is 9. The van der Waals surface area contributed by atoms with Crippen LogP contribution in [0.5, 0.6) is 0 Å². The first kappa shape index (κ1) is 32.5. The molecule has 1 aromatic carbocycles. The number of ether oxygens (including phenoxy) is 1. The van der Waals surface area contributed by atoms with Gasteiger partial charge in [0.15, 0.2) is 5.96 Å². The summed E-state index contributed by atoms with van der Waals surface area (Å²) in [5, 5.41) is 28.6. The average Bonchev–Trinajstić information content (AvgIpc) is 3.21. The van der Waals surface area contributed by atoms with E-state index in [0.29, 0.717) is 5.56 Å². The van der Waals surface area contributed by atoms with Gasteiger partial charge < -0.3 is 20.7 Å². The van der Waals surface area contributed by atoms with Crippen molar-refractivity contribution in [2.24, 2.45) is 0 Å². The van der Waals surface area contributed by atoms with Gasteiger partial charge in [0.25, 0.3) is 5.69 Å². The monoisotopic (exact) mass is 560 g/mol. The van der Waals surface area contributed by atoms with Crippen LogP contribution in [0, 0.1) is 15.5 Å². The fourth-order valence-corrected chi connectivity index (χ4v) is 2.27. The maximum absolute atomic E-state index is 11.7. The molecule has 0 aliphatic carbocycles. The van der Waals surface area contributed by atoms with E-state index in [4.69, 9.17) is 45.2 Å². The minimum absolute atomic E-state index is 0.0594. The van der Waals surface area contributed by atoms with E-state index >= 15 is 0 Å². The molecule has 1 atom stereocenters. The van der Waals surface area contributed by atoms with Crippen LogP contribution in [0.3, 0.4) is 0 Å². The normalized spacial score (nSPS) is 14.6. The molecule has 1 heterocycles. The maximum atomic E-state index is 11.7. The van der Waals surface area contributed by atoms with Crippen molar-refractivity contribution < 1.29 is 54.3 Å². The van der Waals surface area contributed by atoms with E-state index in [2.05, 4.69) is 21.3 Å². The Morgan fingerprint density at radius 2 is 1.64 bits per heavy atom. The number of guanidine groups is 1. The highest BCUT2D eigenvalue weighted by molar-refractivity contribution is 7.80. The van der Waals surface area contributed by atoms with Crippen LogP contribution in [0.15, 0.2) is 24.3 Å². The number of carbonyl (C=O) groups is 2. The first-order chi connectivity index (χ1) is 16.4. The summed E-state index contributed by atoms with van der Waals surface area (Å²) in [4.78, 5) is 33.3. The lowest BCUT2D eigenvalue weighted by atomic mass is 10.2. The van der Waals surface area contributed by atoms with E-state index in [1.165, 1.54) is 24.3 Å². The minimum atomic E-state index is -4.67. The fourth-order valence-electron chi connectivity index (χ4n) is 2.27. The van der Waals surface area contributed by atoms with E-state index in [-0.39, 0.29) is 36.7 Å². The van der Waals surface area contributed by atoms with Crippen molar-refractivity contribution in [2.45, 2.75) is 19.1 Å². The highest BCUT2D eigenvalue weighted by atomic mass is 32.3. The van der Waals surface area contributed by atoms with Crippen molar-refractivity contribution in [3.63, 3.8) is 0 Å². The number of carbonyl (C=O) groups excluding carboxylic acids is 2. The van der Waals surface area contributed by atoms with Gasteiger partial charge >= 0.3 is 26.9 Å². The molecule has 21 heteroatoms. The third-order valence-electron chi connectivity index (χ3n) is 3.60. The van der Waals surface area contributed by atoms with E-state index < -0.39 is 31.8 Å². The zero-order chi connectivity index (χ0) is 27.9. The standard InChI is InChI=1S/C15H20N6O5.2H2O4S/c16-14(18-8-13(22)19-11-5-6-17-7-11)20-15(23)26-9-10-1-3-12(4-2-10)21(24)25;2*1-5(2,3)4/h1-4,11,17H,5-9H2,(H,19,22)(H3,16,18,20,23);2*(H2,1,2,3,4)/t11-;;/m0../s1. The zero-order valence-electron chi connectivity index (χ0n) is 18.1. The Morgan fingerprint density at radius 3 is 2.08 bits per heavy atom. The largest absolute Gasteiger partial charge is 0.444 e. The molecule has 2 amide bonds. The molecule has 36 heavy (non-hydrogen) atoms. The smallest absolute Gasteiger partial charge is 0.414 e. The summed E-state index contributed by atoms with van der Waals surface area (Å²) in [6.07, 6.45) is -0.0163. The number of non-ortho nitro benzene ring substituents is 1. The lowest BCUT2D eigenvalue weighted by Crippen LogP contribution is -2.47. The summed E-state index contributed by atoms with van der Waals surface area (Å²) in [5.41, 5.74) is 0.505. The minimum Gasteiger partial charge on any atom is -0.444 e. The van der Waals surface area contributed by atoms with Crippen LogP contribution in [0.1, 0.15) is 12.0 Å². The van der Waals surface area contributed by atoms with Crippen LogP contribution >= 0.6 is 0 Å². The van der Waals surface area contributed by atoms with Gasteiger partial charge in [0.05, 0.1) is 11.5 Å². The summed E-state index contributed by atoms with van der Waals surface area (Å²) in [7, 11) is -9.33. The number of rotatable bonds is 6. The molecule has 2 rings (SSSR count). The molecule has 9 N–H and O–H groups in total. The van der Waals surface area contributed by atoms with Gasteiger partial charge in [-0.05, 0) is 30.7 Å². The van der Waals surface area contributed by atoms with Crippen molar-refractivity contribution >= 4 is 44.4 Å². The maximum Gasteiger partial charge on any atom is 0.414 e. The predicted octanol–water partition coefficient (Wildman–Crippen LogP) is -1.48. The summed E-state index contributed by atoms with van der Waals surface area (Å²) < 4.78 is 68.1. The van der Waals surface area contributed by atoms with Gasteiger partial charge in [-0.1, -0.05) is 0 Å². The number of nitro groups is 1. The molecule has 0 unspecified atom stereocenters. The van der Waals surface area contributed by atoms with Crippen LogP contribution in [-0.4, -0.2) is 83.6 Å². The summed E-state index contributed by atoms with van der Waals surface area (Å²) in [6, 6.07) is 5.63. The fraction of sp³-hybridized carbons (Fsp3) is 0.400. The number of benzene rings is 1. The molecule has 204 valence electrons. The number of hydrogen-bond acceptors (Lipinski definition) is 11. The van der Waals surface area contributed by atoms with Gasteiger partial charge in [-0.2, -0.15) is 16.8 Å². The third kappa shape index (κ3) is 21.1. The molecule has 19 nitrogen and oxygen atoms in total. The van der Waals surface area contributed by atoms with Crippen molar-refractivity contribution in [1.82, 2.24) is 21.3 Å². The van der Waals surface area contributed by atoms with E-state index in [1.807, 2.05) is 0 Å². The molecular formula is C15H24N6O13S2. The van der Waals surface area contributed by atoms with Crippen molar-refractivity contribution in [2.75, 3.05) is 19.6 Å².